The van der Waals surface area contributed by atoms with Gasteiger partial charge in [0, 0.05) is 12.1 Å². The fourth-order valence-electron chi connectivity index (χ4n) is 2.71. The first-order valence-corrected chi connectivity index (χ1v) is 8.28. The predicted molar refractivity (Wildman–Crippen MR) is 98.7 cm³/mol. The molecule has 0 bridgehead atoms. The summed E-state index contributed by atoms with van der Waals surface area (Å²) in [7, 11) is 0. The molecule has 25 heavy (non-hydrogen) atoms. The van der Waals surface area contributed by atoms with Crippen LogP contribution >= 0.6 is 0 Å². The third-order valence-corrected chi connectivity index (χ3v) is 4.19. The van der Waals surface area contributed by atoms with Gasteiger partial charge in [0.1, 0.15) is 18.4 Å². The maximum Gasteiger partial charge on any atom is 0.320 e. The molecular formula is C21H21NO3. The van der Waals surface area contributed by atoms with Crippen LogP contribution < -0.4 is 10.1 Å². The lowest BCUT2D eigenvalue weighted by Crippen LogP contribution is -2.33. The van der Waals surface area contributed by atoms with Gasteiger partial charge in [-0.3, -0.25) is 4.79 Å². The number of aliphatic carboxylic acids is 1. The molecule has 3 aromatic rings. The van der Waals surface area contributed by atoms with Crippen LogP contribution in [0, 0.1) is 0 Å². The number of rotatable bonds is 7. The van der Waals surface area contributed by atoms with Crippen LogP contribution in [-0.4, -0.2) is 17.1 Å². The molecule has 1 unspecified atom stereocenters. The van der Waals surface area contributed by atoms with Gasteiger partial charge < -0.3 is 15.2 Å². The summed E-state index contributed by atoms with van der Waals surface area (Å²) in [5.41, 5.74) is 2.07. The van der Waals surface area contributed by atoms with E-state index < -0.39 is 12.0 Å². The Morgan fingerprint density at radius 2 is 1.76 bits per heavy atom. The van der Waals surface area contributed by atoms with Crippen LogP contribution in [0.2, 0.25) is 0 Å². The van der Waals surface area contributed by atoms with E-state index in [-0.39, 0.29) is 0 Å². The van der Waals surface area contributed by atoms with Gasteiger partial charge in [-0.05, 0) is 29.3 Å². The quantitative estimate of drug-likeness (QED) is 0.686. The minimum absolute atomic E-state index is 0.430. The fraction of sp³-hybridized carbons (Fsp3) is 0.190. The number of fused-ring (bicyclic) bond motifs is 1. The second-order valence-corrected chi connectivity index (χ2v) is 5.98. The summed E-state index contributed by atoms with van der Waals surface area (Å²) in [5.74, 6) is -0.0976. The van der Waals surface area contributed by atoms with Gasteiger partial charge >= 0.3 is 5.97 Å². The number of benzene rings is 3. The average molecular weight is 335 g/mol. The Balaban J connectivity index is 1.88. The van der Waals surface area contributed by atoms with E-state index in [9.17, 15) is 4.79 Å². The molecule has 3 rings (SSSR count). The third-order valence-electron chi connectivity index (χ3n) is 4.19. The molecule has 0 fully saturated rings. The lowest BCUT2D eigenvalue weighted by Gasteiger charge is -2.16. The van der Waals surface area contributed by atoms with Crippen molar-refractivity contribution in [1.82, 2.24) is 5.32 Å². The van der Waals surface area contributed by atoms with Crippen LogP contribution in [0.3, 0.4) is 0 Å². The Hall–Kier alpha value is -2.85. The normalized spacial score (nSPS) is 12.0. The van der Waals surface area contributed by atoms with Crippen molar-refractivity contribution < 1.29 is 14.6 Å². The van der Waals surface area contributed by atoms with Crippen LogP contribution in [-0.2, 0) is 17.9 Å². The second-order valence-electron chi connectivity index (χ2n) is 5.98. The second kappa shape index (κ2) is 7.81. The summed E-state index contributed by atoms with van der Waals surface area (Å²) in [6.07, 6.45) is 0. The van der Waals surface area contributed by atoms with Crippen molar-refractivity contribution in [2.24, 2.45) is 0 Å². The molecule has 0 heterocycles. The van der Waals surface area contributed by atoms with Crippen LogP contribution in [0.15, 0.2) is 66.7 Å². The van der Waals surface area contributed by atoms with Gasteiger partial charge in [-0.15, -0.1) is 0 Å². The largest absolute Gasteiger partial charge is 0.489 e. The minimum Gasteiger partial charge on any atom is -0.489 e. The molecule has 0 aromatic heterocycles. The molecule has 4 nitrogen and oxygen atoms in total. The molecule has 2 N–H and O–H groups in total. The Kier molecular flexibility index (Phi) is 5.31. The lowest BCUT2D eigenvalue weighted by atomic mass is 10.0. The monoisotopic (exact) mass is 335 g/mol. The number of carbonyl (C=O) groups is 1. The van der Waals surface area contributed by atoms with Crippen LogP contribution in [0.1, 0.15) is 18.1 Å². The summed E-state index contributed by atoms with van der Waals surface area (Å²) in [6, 6.07) is 21.4. The van der Waals surface area contributed by atoms with Crippen molar-refractivity contribution in [2.45, 2.75) is 26.1 Å². The predicted octanol–water partition coefficient (Wildman–Crippen LogP) is 3.98. The number of hydrogen-bond donors (Lipinski definition) is 2. The third kappa shape index (κ3) is 4.17. The van der Waals surface area contributed by atoms with Gasteiger partial charge in [-0.1, -0.05) is 60.7 Å². The van der Waals surface area contributed by atoms with Crippen molar-refractivity contribution >= 4 is 16.7 Å². The van der Waals surface area contributed by atoms with Gasteiger partial charge in [0.15, 0.2) is 0 Å². The average Bonchev–Trinajstić information content (AvgIpc) is 2.65. The van der Waals surface area contributed by atoms with Crippen molar-refractivity contribution in [3.05, 3.63) is 77.9 Å². The van der Waals surface area contributed by atoms with E-state index in [1.807, 2.05) is 66.7 Å². The van der Waals surface area contributed by atoms with Gasteiger partial charge in [0.25, 0.3) is 0 Å². The first-order valence-electron chi connectivity index (χ1n) is 8.28. The van der Waals surface area contributed by atoms with Gasteiger partial charge in [0.2, 0.25) is 0 Å². The number of carboxylic acid groups (broad SMARTS) is 1. The smallest absolute Gasteiger partial charge is 0.320 e. The zero-order valence-electron chi connectivity index (χ0n) is 14.1. The highest BCUT2D eigenvalue weighted by Crippen LogP contribution is 2.29. The number of nitrogens with one attached hydrogen (secondary N) is 1. The molecule has 0 aliphatic heterocycles. The Morgan fingerprint density at radius 1 is 1.04 bits per heavy atom. The molecule has 128 valence electrons. The standard InChI is InChI=1S/C21H21NO3/c1-15(21(23)24)22-13-19-18-10-6-5-9-17(18)11-12-20(19)25-14-16-7-3-2-4-8-16/h2-12,15,22H,13-14H2,1H3,(H,23,24). The van der Waals surface area contributed by atoms with Gasteiger partial charge in [0.05, 0.1) is 0 Å². The minimum atomic E-state index is -0.869. The van der Waals surface area contributed by atoms with E-state index >= 15 is 0 Å². The molecule has 0 spiro atoms. The highest BCUT2D eigenvalue weighted by Gasteiger charge is 2.14. The fourth-order valence-corrected chi connectivity index (χ4v) is 2.71. The van der Waals surface area contributed by atoms with Crippen LogP contribution in [0.4, 0.5) is 0 Å². The highest BCUT2D eigenvalue weighted by atomic mass is 16.5. The number of hydrogen-bond acceptors (Lipinski definition) is 3. The van der Waals surface area contributed by atoms with Crippen molar-refractivity contribution in [3.8, 4) is 5.75 Å². The van der Waals surface area contributed by atoms with E-state index in [1.54, 1.807) is 6.92 Å². The molecule has 4 heteroatoms. The number of ether oxygens (including phenoxy) is 1. The molecule has 1 atom stereocenters. The molecule has 0 amide bonds. The van der Waals surface area contributed by atoms with Gasteiger partial charge in [-0.2, -0.15) is 0 Å². The summed E-state index contributed by atoms with van der Waals surface area (Å²) < 4.78 is 6.04. The summed E-state index contributed by atoms with van der Waals surface area (Å²) >= 11 is 0. The number of carboxylic acids is 1. The zero-order chi connectivity index (χ0) is 17.6. The topological polar surface area (TPSA) is 58.6 Å². The van der Waals surface area contributed by atoms with Crippen LogP contribution in [0.5, 0.6) is 5.75 Å². The first-order chi connectivity index (χ1) is 12.1. The van der Waals surface area contributed by atoms with E-state index in [0.29, 0.717) is 13.2 Å². The van der Waals surface area contributed by atoms with Gasteiger partial charge in [-0.25, -0.2) is 0 Å². The van der Waals surface area contributed by atoms with E-state index in [1.165, 1.54) is 0 Å². The summed E-state index contributed by atoms with van der Waals surface area (Å²) in [4.78, 5) is 11.1. The summed E-state index contributed by atoms with van der Waals surface area (Å²) in [5, 5.41) is 14.3. The van der Waals surface area contributed by atoms with E-state index in [4.69, 9.17) is 9.84 Å². The Bertz CT molecular complexity index is 861. The summed E-state index contributed by atoms with van der Waals surface area (Å²) in [6.45, 7) is 2.54. The maximum absolute atomic E-state index is 11.1. The van der Waals surface area contributed by atoms with Crippen molar-refractivity contribution in [1.29, 1.82) is 0 Å². The van der Waals surface area contributed by atoms with Crippen molar-refractivity contribution in [2.75, 3.05) is 0 Å². The van der Waals surface area contributed by atoms with Crippen molar-refractivity contribution in [3.63, 3.8) is 0 Å². The van der Waals surface area contributed by atoms with E-state index in [0.717, 1.165) is 27.6 Å². The molecule has 0 saturated heterocycles. The molecule has 0 radical (unpaired) electrons. The molecular weight excluding hydrogens is 314 g/mol. The molecule has 0 aliphatic rings. The Labute approximate surface area is 147 Å². The molecule has 0 saturated carbocycles. The Morgan fingerprint density at radius 3 is 2.52 bits per heavy atom. The van der Waals surface area contributed by atoms with E-state index in [2.05, 4.69) is 5.32 Å². The van der Waals surface area contributed by atoms with Crippen LogP contribution in [0.25, 0.3) is 10.8 Å². The highest BCUT2D eigenvalue weighted by molar-refractivity contribution is 5.87. The molecule has 3 aromatic carbocycles. The maximum atomic E-state index is 11.1. The molecule has 0 aliphatic carbocycles. The zero-order valence-corrected chi connectivity index (χ0v) is 14.1. The SMILES string of the molecule is CC(NCc1c(OCc2ccccc2)ccc2ccccc12)C(=O)O. The first kappa shape index (κ1) is 17.0. The lowest BCUT2D eigenvalue weighted by molar-refractivity contribution is -0.139.